The first-order valence-corrected chi connectivity index (χ1v) is 7.40. The van der Waals surface area contributed by atoms with Gasteiger partial charge in [0, 0.05) is 11.1 Å². The Labute approximate surface area is 144 Å². The van der Waals surface area contributed by atoms with Crippen molar-refractivity contribution in [3.8, 4) is 0 Å². The Bertz CT molecular complexity index is 769. The van der Waals surface area contributed by atoms with Crippen LogP contribution in [-0.4, -0.2) is 12.5 Å². The number of amides is 1. The second kappa shape index (κ2) is 7.79. The number of rotatable bonds is 5. The highest BCUT2D eigenvalue weighted by molar-refractivity contribution is 6.30. The van der Waals surface area contributed by atoms with Gasteiger partial charge in [0.05, 0.1) is 6.54 Å². The zero-order valence-electron chi connectivity index (χ0n) is 12.8. The lowest BCUT2D eigenvalue weighted by Crippen LogP contribution is -2.31. The Morgan fingerprint density at radius 3 is 1.96 bits per heavy atom. The van der Waals surface area contributed by atoms with Crippen molar-refractivity contribution in [3.63, 3.8) is 0 Å². The van der Waals surface area contributed by atoms with Gasteiger partial charge in [-0.25, -0.2) is 22.0 Å². The van der Waals surface area contributed by atoms with E-state index in [-0.39, 0.29) is 6.04 Å². The molecule has 0 spiro atoms. The predicted octanol–water partition coefficient (Wildman–Crippen LogP) is 4.32. The summed E-state index contributed by atoms with van der Waals surface area (Å²) in [6, 6.07) is 6.39. The molecule has 0 saturated heterocycles. The maximum atomic E-state index is 13.5. The van der Waals surface area contributed by atoms with Crippen molar-refractivity contribution in [2.45, 2.75) is 13.0 Å². The minimum Gasteiger partial charge on any atom is -0.320 e. The zero-order chi connectivity index (χ0) is 18.7. The molecule has 0 aliphatic carbocycles. The third kappa shape index (κ3) is 4.26. The predicted molar refractivity (Wildman–Crippen MR) is 82.7 cm³/mol. The summed E-state index contributed by atoms with van der Waals surface area (Å²) in [5.74, 6) is -11.7. The molecule has 0 aromatic heterocycles. The summed E-state index contributed by atoms with van der Waals surface area (Å²) in [6.45, 7) is 1.30. The molecule has 0 fully saturated rings. The molecule has 9 heteroatoms. The van der Waals surface area contributed by atoms with Crippen LogP contribution in [0, 0.1) is 29.1 Å². The number of anilines is 1. The number of carbonyl (C=O) groups excluding carboxylic acids is 1. The van der Waals surface area contributed by atoms with Crippen LogP contribution in [-0.2, 0) is 4.79 Å². The first-order chi connectivity index (χ1) is 11.7. The summed E-state index contributed by atoms with van der Waals surface area (Å²) < 4.78 is 66.1. The standard InChI is InChI=1S/C16H12ClF5N2O/c1-7(8-2-4-9(17)5-3-8)23-6-10(25)24-16-14(21)12(19)11(18)13(20)15(16)22/h2-5,7,23H,6H2,1H3,(H,24,25)/t7-/m0/s1. The van der Waals surface area contributed by atoms with Gasteiger partial charge in [-0.3, -0.25) is 4.79 Å². The number of benzene rings is 2. The smallest absolute Gasteiger partial charge is 0.238 e. The molecular weight excluding hydrogens is 367 g/mol. The number of halogens is 6. The number of hydrogen-bond acceptors (Lipinski definition) is 2. The first-order valence-electron chi connectivity index (χ1n) is 7.02. The van der Waals surface area contributed by atoms with E-state index in [1.807, 2.05) is 0 Å². The van der Waals surface area contributed by atoms with Gasteiger partial charge in [0.25, 0.3) is 0 Å². The Hall–Kier alpha value is -2.19. The van der Waals surface area contributed by atoms with Gasteiger partial charge in [0.15, 0.2) is 23.3 Å². The van der Waals surface area contributed by atoms with Crippen LogP contribution in [0.4, 0.5) is 27.6 Å². The Kier molecular flexibility index (Phi) is 5.97. The van der Waals surface area contributed by atoms with E-state index in [0.717, 1.165) is 5.56 Å². The fourth-order valence-electron chi connectivity index (χ4n) is 2.01. The third-order valence-electron chi connectivity index (χ3n) is 3.41. The van der Waals surface area contributed by atoms with Gasteiger partial charge in [-0.15, -0.1) is 0 Å². The highest BCUT2D eigenvalue weighted by atomic mass is 35.5. The van der Waals surface area contributed by atoms with Gasteiger partial charge < -0.3 is 10.6 Å². The van der Waals surface area contributed by atoms with Crippen molar-refractivity contribution >= 4 is 23.2 Å². The summed E-state index contributed by atoms with van der Waals surface area (Å²) in [5, 5.41) is 4.97. The van der Waals surface area contributed by atoms with E-state index >= 15 is 0 Å². The fourth-order valence-corrected chi connectivity index (χ4v) is 2.14. The van der Waals surface area contributed by atoms with Crippen LogP contribution in [0.2, 0.25) is 5.02 Å². The van der Waals surface area contributed by atoms with E-state index in [0.29, 0.717) is 5.02 Å². The van der Waals surface area contributed by atoms with Gasteiger partial charge in [-0.1, -0.05) is 23.7 Å². The van der Waals surface area contributed by atoms with Crippen LogP contribution in [0.25, 0.3) is 0 Å². The summed E-state index contributed by atoms with van der Waals surface area (Å²) >= 11 is 5.76. The average molecular weight is 379 g/mol. The zero-order valence-corrected chi connectivity index (χ0v) is 13.5. The molecule has 0 saturated carbocycles. The van der Waals surface area contributed by atoms with Gasteiger partial charge in [-0.05, 0) is 24.6 Å². The van der Waals surface area contributed by atoms with Crippen molar-refractivity contribution in [3.05, 3.63) is 63.9 Å². The average Bonchev–Trinajstić information content (AvgIpc) is 2.60. The van der Waals surface area contributed by atoms with E-state index in [4.69, 9.17) is 11.6 Å². The minimum atomic E-state index is -2.29. The van der Waals surface area contributed by atoms with Gasteiger partial charge in [-0.2, -0.15) is 0 Å². The molecule has 2 N–H and O–H groups in total. The minimum absolute atomic E-state index is 0.320. The highest BCUT2D eigenvalue weighted by Gasteiger charge is 2.26. The molecule has 0 aliphatic rings. The second-order valence-corrected chi connectivity index (χ2v) is 5.58. The Balaban J connectivity index is 2.05. The molecule has 0 radical (unpaired) electrons. The van der Waals surface area contributed by atoms with Gasteiger partial charge in [0.2, 0.25) is 11.7 Å². The molecule has 1 atom stereocenters. The van der Waals surface area contributed by atoms with E-state index in [2.05, 4.69) is 5.32 Å². The molecule has 2 rings (SSSR count). The van der Waals surface area contributed by atoms with Crippen molar-refractivity contribution in [1.82, 2.24) is 5.32 Å². The summed E-state index contributed by atoms with van der Waals surface area (Å²) in [7, 11) is 0. The number of hydrogen-bond donors (Lipinski definition) is 2. The lowest BCUT2D eigenvalue weighted by molar-refractivity contribution is -0.115. The van der Waals surface area contributed by atoms with E-state index < -0.39 is 47.2 Å². The monoisotopic (exact) mass is 378 g/mol. The SMILES string of the molecule is C[C@H](NCC(=O)Nc1c(F)c(F)c(F)c(F)c1F)c1ccc(Cl)cc1. The normalized spacial score (nSPS) is 12.1. The van der Waals surface area contributed by atoms with E-state index in [9.17, 15) is 26.7 Å². The topological polar surface area (TPSA) is 41.1 Å². The number of carbonyl (C=O) groups is 1. The molecule has 0 heterocycles. The molecule has 0 unspecified atom stereocenters. The fraction of sp³-hybridized carbons (Fsp3) is 0.188. The third-order valence-corrected chi connectivity index (χ3v) is 3.67. The van der Waals surface area contributed by atoms with Crippen LogP contribution in [0.3, 0.4) is 0 Å². The van der Waals surface area contributed by atoms with Gasteiger partial charge in [0.1, 0.15) is 5.69 Å². The van der Waals surface area contributed by atoms with Crippen molar-refractivity contribution in [2.24, 2.45) is 0 Å². The van der Waals surface area contributed by atoms with Gasteiger partial charge >= 0.3 is 0 Å². The largest absolute Gasteiger partial charge is 0.320 e. The summed E-state index contributed by atoms with van der Waals surface area (Å²) in [4.78, 5) is 11.7. The number of nitrogens with one attached hydrogen (secondary N) is 2. The molecule has 25 heavy (non-hydrogen) atoms. The highest BCUT2D eigenvalue weighted by Crippen LogP contribution is 2.27. The maximum Gasteiger partial charge on any atom is 0.238 e. The molecule has 0 bridgehead atoms. The van der Waals surface area contributed by atoms with E-state index in [1.165, 1.54) is 0 Å². The van der Waals surface area contributed by atoms with Crippen molar-refractivity contribution in [2.75, 3.05) is 11.9 Å². The molecular formula is C16H12ClF5N2O. The lowest BCUT2D eigenvalue weighted by atomic mass is 10.1. The molecule has 0 aliphatic heterocycles. The maximum absolute atomic E-state index is 13.5. The molecule has 1 amide bonds. The van der Waals surface area contributed by atoms with Crippen LogP contribution < -0.4 is 10.6 Å². The summed E-state index contributed by atoms with van der Waals surface area (Å²) in [6.07, 6.45) is 0. The van der Waals surface area contributed by atoms with Crippen LogP contribution in [0.1, 0.15) is 18.5 Å². The summed E-state index contributed by atoms with van der Waals surface area (Å²) in [5.41, 5.74) is -0.601. The van der Waals surface area contributed by atoms with Crippen molar-refractivity contribution < 1.29 is 26.7 Å². The quantitative estimate of drug-likeness (QED) is 0.462. The van der Waals surface area contributed by atoms with Crippen LogP contribution in [0.15, 0.2) is 24.3 Å². The van der Waals surface area contributed by atoms with Crippen molar-refractivity contribution in [1.29, 1.82) is 0 Å². The lowest BCUT2D eigenvalue weighted by Gasteiger charge is -2.15. The molecule has 134 valence electrons. The van der Waals surface area contributed by atoms with E-state index in [1.54, 1.807) is 36.5 Å². The molecule has 3 nitrogen and oxygen atoms in total. The molecule has 2 aromatic carbocycles. The Morgan fingerprint density at radius 2 is 1.44 bits per heavy atom. The Morgan fingerprint density at radius 1 is 0.960 bits per heavy atom. The molecule has 2 aromatic rings. The first kappa shape index (κ1) is 19.1. The second-order valence-electron chi connectivity index (χ2n) is 5.15. The van der Waals surface area contributed by atoms with Crippen LogP contribution >= 0.6 is 11.6 Å². The van der Waals surface area contributed by atoms with Crippen LogP contribution in [0.5, 0.6) is 0 Å².